The number of nitriles is 1. The van der Waals surface area contributed by atoms with E-state index in [2.05, 4.69) is 11.4 Å². The highest BCUT2D eigenvalue weighted by Crippen LogP contribution is 2.58. The largest absolute Gasteiger partial charge is 0.443 e. The molecular formula is C18H26N4O3. The van der Waals surface area contributed by atoms with E-state index in [9.17, 15) is 14.9 Å². The van der Waals surface area contributed by atoms with Crippen molar-refractivity contribution in [1.29, 1.82) is 5.26 Å². The number of amides is 2. The number of carbonyl (C=O) groups is 2. The highest BCUT2D eigenvalue weighted by molar-refractivity contribution is 5.79. The number of hydrogen-bond acceptors (Lipinski definition) is 5. The van der Waals surface area contributed by atoms with Gasteiger partial charge in [0.2, 0.25) is 5.91 Å². The van der Waals surface area contributed by atoms with Gasteiger partial charge in [-0.2, -0.15) is 5.26 Å². The third kappa shape index (κ3) is 2.97. The Morgan fingerprint density at radius 3 is 2.64 bits per heavy atom. The van der Waals surface area contributed by atoms with E-state index in [1.165, 1.54) is 6.42 Å². The molecule has 0 radical (unpaired) electrons. The Kier molecular flexibility index (Phi) is 3.91. The predicted octanol–water partition coefficient (Wildman–Crippen LogP) is 1.28. The van der Waals surface area contributed by atoms with Gasteiger partial charge in [-0.1, -0.05) is 0 Å². The maximum Gasteiger partial charge on any atom is 0.405 e. The molecule has 1 saturated heterocycles. The predicted molar refractivity (Wildman–Crippen MR) is 89.2 cm³/mol. The van der Waals surface area contributed by atoms with Gasteiger partial charge in [0, 0.05) is 18.5 Å². The van der Waals surface area contributed by atoms with Gasteiger partial charge in [-0.3, -0.25) is 4.79 Å². The molecule has 0 aromatic heterocycles. The highest BCUT2D eigenvalue weighted by atomic mass is 16.6. The lowest BCUT2D eigenvalue weighted by Gasteiger charge is -2.61. The Morgan fingerprint density at radius 2 is 2.00 bits per heavy atom. The van der Waals surface area contributed by atoms with Gasteiger partial charge in [0.25, 0.3) is 0 Å². The summed E-state index contributed by atoms with van der Waals surface area (Å²) < 4.78 is 5.58. The summed E-state index contributed by atoms with van der Waals surface area (Å²) in [5.41, 5.74) is 4.73. The smallest absolute Gasteiger partial charge is 0.405 e. The number of likely N-dealkylation sites (tertiary alicyclic amines) is 1. The lowest BCUT2D eigenvalue weighted by Crippen LogP contribution is -2.66. The van der Waals surface area contributed by atoms with Crippen LogP contribution in [0.25, 0.3) is 0 Å². The van der Waals surface area contributed by atoms with Crippen molar-refractivity contribution >= 4 is 12.0 Å². The molecule has 136 valence electrons. The van der Waals surface area contributed by atoms with Crippen molar-refractivity contribution in [2.24, 2.45) is 17.6 Å². The van der Waals surface area contributed by atoms with Gasteiger partial charge in [0.1, 0.15) is 11.6 Å². The lowest BCUT2D eigenvalue weighted by molar-refractivity contribution is -0.147. The average Bonchev–Trinajstić information content (AvgIpc) is 2.98. The number of nitrogens with one attached hydrogen (secondary N) is 1. The van der Waals surface area contributed by atoms with Crippen molar-refractivity contribution in [3.05, 3.63) is 0 Å². The molecular weight excluding hydrogens is 320 g/mol. The second-order valence-electron chi connectivity index (χ2n) is 8.57. The third-order valence-electron chi connectivity index (χ3n) is 6.66. The van der Waals surface area contributed by atoms with Crippen LogP contribution in [-0.4, -0.2) is 47.2 Å². The molecule has 4 bridgehead atoms. The first-order valence-electron chi connectivity index (χ1n) is 9.35. The van der Waals surface area contributed by atoms with E-state index >= 15 is 0 Å². The Labute approximate surface area is 147 Å². The van der Waals surface area contributed by atoms with E-state index in [4.69, 9.17) is 10.5 Å². The molecule has 7 heteroatoms. The normalized spacial score (nSPS) is 41.6. The summed E-state index contributed by atoms with van der Waals surface area (Å²) in [6, 6.07) is 1.94. The Balaban J connectivity index is 1.44. The number of ether oxygens (including phenoxy) is 1. The molecule has 7 nitrogen and oxygen atoms in total. The van der Waals surface area contributed by atoms with Crippen LogP contribution in [0.4, 0.5) is 4.79 Å². The molecule has 1 aliphatic heterocycles. The standard InChI is InChI=1S/C18H26N4O3/c19-9-14-2-1-3-22(14)15(23)10-21-17-5-12-4-13(6-17)8-18(7-12,11-17)25-16(20)24/h12-14,21H,1-8,10-11H2,(H2,20,24). The number of hydrogen-bond donors (Lipinski definition) is 2. The van der Waals surface area contributed by atoms with Gasteiger partial charge in [-0.05, 0) is 56.8 Å². The van der Waals surface area contributed by atoms with E-state index in [1.54, 1.807) is 4.90 Å². The third-order valence-corrected chi connectivity index (χ3v) is 6.66. The molecule has 5 fully saturated rings. The minimum atomic E-state index is -0.692. The SMILES string of the molecule is N#CC1CCCN1C(=O)CNC12CC3CC(C1)CC(OC(N)=O)(C3)C2. The molecule has 3 unspecified atom stereocenters. The van der Waals surface area contributed by atoms with Crippen LogP contribution in [-0.2, 0) is 9.53 Å². The first kappa shape index (κ1) is 16.6. The quantitative estimate of drug-likeness (QED) is 0.797. The molecule has 5 aliphatic rings. The van der Waals surface area contributed by atoms with Gasteiger partial charge in [-0.25, -0.2) is 4.79 Å². The van der Waals surface area contributed by atoms with Gasteiger partial charge in [0.05, 0.1) is 12.6 Å². The van der Waals surface area contributed by atoms with Crippen LogP contribution in [0.15, 0.2) is 0 Å². The number of carbonyl (C=O) groups excluding carboxylic acids is 2. The molecule has 2 amide bonds. The minimum absolute atomic E-state index is 0.00432. The molecule has 3 atom stereocenters. The summed E-state index contributed by atoms with van der Waals surface area (Å²) in [5, 5.41) is 12.7. The van der Waals surface area contributed by atoms with Crippen LogP contribution in [0, 0.1) is 23.2 Å². The monoisotopic (exact) mass is 346 g/mol. The Bertz CT molecular complexity index is 614. The first-order chi connectivity index (χ1) is 11.9. The molecule has 4 saturated carbocycles. The molecule has 0 aromatic rings. The van der Waals surface area contributed by atoms with E-state index in [1.807, 2.05) is 0 Å². The van der Waals surface area contributed by atoms with Gasteiger partial charge in [0.15, 0.2) is 0 Å². The van der Waals surface area contributed by atoms with Gasteiger partial charge >= 0.3 is 6.09 Å². The van der Waals surface area contributed by atoms with Gasteiger partial charge in [-0.15, -0.1) is 0 Å². The summed E-state index contributed by atoms with van der Waals surface area (Å²) in [6.45, 7) is 0.927. The molecule has 5 rings (SSSR count). The number of nitrogens with zero attached hydrogens (tertiary/aromatic N) is 2. The van der Waals surface area contributed by atoms with Crippen LogP contribution in [0.5, 0.6) is 0 Å². The average molecular weight is 346 g/mol. The van der Waals surface area contributed by atoms with Crippen molar-refractivity contribution in [2.75, 3.05) is 13.1 Å². The fraction of sp³-hybridized carbons (Fsp3) is 0.833. The summed E-state index contributed by atoms with van der Waals surface area (Å²) in [7, 11) is 0. The minimum Gasteiger partial charge on any atom is -0.443 e. The maximum atomic E-state index is 12.6. The van der Waals surface area contributed by atoms with E-state index in [-0.39, 0.29) is 24.0 Å². The van der Waals surface area contributed by atoms with Crippen LogP contribution in [0.2, 0.25) is 0 Å². The van der Waals surface area contributed by atoms with E-state index in [0.717, 1.165) is 44.9 Å². The van der Waals surface area contributed by atoms with Gasteiger partial charge < -0.3 is 20.7 Å². The van der Waals surface area contributed by atoms with Crippen molar-refractivity contribution < 1.29 is 14.3 Å². The summed E-state index contributed by atoms with van der Waals surface area (Å²) >= 11 is 0. The lowest BCUT2D eigenvalue weighted by atomic mass is 9.51. The maximum absolute atomic E-state index is 12.6. The topological polar surface area (TPSA) is 108 Å². The van der Waals surface area contributed by atoms with Crippen molar-refractivity contribution in [2.45, 2.75) is 68.5 Å². The molecule has 4 aliphatic carbocycles. The molecule has 25 heavy (non-hydrogen) atoms. The van der Waals surface area contributed by atoms with E-state index < -0.39 is 11.7 Å². The summed E-state index contributed by atoms with van der Waals surface area (Å²) in [5.74, 6) is 1.06. The Morgan fingerprint density at radius 1 is 1.28 bits per heavy atom. The summed E-state index contributed by atoms with van der Waals surface area (Å²) in [4.78, 5) is 25.7. The number of primary amides is 1. The van der Waals surface area contributed by atoms with Crippen LogP contribution >= 0.6 is 0 Å². The highest BCUT2D eigenvalue weighted by Gasteiger charge is 2.59. The molecule has 1 heterocycles. The second-order valence-corrected chi connectivity index (χ2v) is 8.57. The van der Waals surface area contributed by atoms with Crippen LogP contribution < -0.4 is 11.1 Å². The van der Waals surface area contributed by atoms with Crippen LogP contribution in [0.1, 0.15) is 51.4 Å². The second kappa shape index (κ2) is 5.87. The molecule has 0 spiro atoms. The zero-order chi connectivity index (χ0) is 17.7. The van der Waals surface area contributed by atoms with E-state index in [0.29, 0.717) is 18.4 Å². The fourth-order valence-corrected chi connectivity index (χ4v) is 6.28. The molecule has 3 N–H and O–H groups in total. The van der Waals surface area contributed by atoms with Crippen molar-refractivity contribution in [3.63, 3.8) is 0 Å². The number of nitrogens with two attached hydrogens (primary N) is 1. The van der Waals surface area contributed by atoms with Crippen molar-refractivity contribution in [1.82, 2.24) is 10.2 Å². The van der Waals surface area contributed by atoms with Crippen LogP contribution in [0.3, 0.4) is 0 Å². The first-order valence-corrected chi connectivity index (χ1v) is 9.35. The zero-order valence-corrected chi connectivity index (χ0v) is 14.5. The summed E-state index contributed by atoms with van der Waals surface area (Å²) in [6.07, 6.45) is 6.75. The zero-order valence-electron chi connectivity index (χ0n) is 14.5. The molecule has 0 aromatic carbocycles. The Hall–Kier alpha value is -1.81. The fourth-order valence-electron chi connectivity index (χ4n) is 6.28. The van der Waals surface area contributed by atoms with Crippen molar-refractivity contribution in [3.8, 4) is 6.07 Å². The number of rotatable bonds is 4.